The monoisotopic (exact) mass is 352 g/mol. The summed E-state index contributed by atoms with van der Waals surface area (Å²) in [5, 5.41) is 10.3. The first kappa shape index (κ1) is 17.6. The van der Waals surface area contributed by atoms with Crippen LogP contribution in [0.4, 0.5) is 13.2 Å². The van der Waals surface area contributed by atoms with Crippen molar-refractivity contribution >= 4 is 0 Å². The van der Waals surface area contributed by atoms with Gasteiger partial charge in [0.1, 0.15) is 11.5 Å². The summed E-state index contributed by atoms with van der Waals surface area (Å²) in [5.74, 6) is 0.446. The molecule has 1 aliphatic heterocycles. The van der Waals surface area contributed by atoms with Gasteiger partial charge in [-0.25, -0.2) is 0 Å². The molecule has 0 saturated carbocycles. The van der Waals surface area contributed by atoms with Crippen molar-refractivity contribution in [3.63, 3.8) is 0 Å². The zero-order chi connectivity index (χ0) is 18.2. The fraction of sp³-hybridized carbons (Fsp3) is 0.368. The van der Waals surface area contributed by atoms with Crippen LogP contribution in [0.3, 0.4) is 0 Å². The number of aliphatic hydroxyl groups excluding tert-OH is 1. The van der Waals surface area contributed by atoms with E-state index in [9.17, 15) is 18.3 Å². The fourth-order valence-electron chi connectivity index (χ4n) is 3.27. The van der Waals surface area contributed by atoms with Crippen LogP contribution in [0.1, 0.15) is 36.1 Å². The van der Waals surface area contributed by atoms with Crippen molar-refractivity contribution in [1.82, 2.24) is 0 Å². The molecule has 1 unspecified atom stereocenters. The van der Waals surface area contributed by atoms with Gasteiger partial charge in [-0.3, -0.25) is 0 Å². The predicted molar refractivity (Wildman–Crippen MR) is 87.7 cm³/mol. The van der Waals surface area contributed by atoms with Crippen LogP contribution in [0.15, 0.2) is 30.3 Å². The van der Waals surface area contributed by atoms with Crippen molar-refractivity contribution in [2.45, 2.75) is 39.2 Å². The van der Waals surface area contributed by atoms with Gasteiger partial charge in [0, 0.05) is 17.5 Å². The van der Waals surface area contributed by atoms with Crippen LogP contribution in [0, 0.1) is 6.92 Å². The van der Waals surface area contributed by atoms with Crippen molar-refractivity contribution < 1.29 is 27.8 Å². The lowest BCUT2D eigenvalue weighted by Gasteiger charge is -2.19. The van der Waals surface area contributed by atoms with Crippen molar-refractivity contribution in [1.29, 1.82) is 0 Å². The second kappa shape index (κ2) is 6.59. The summed E-state index contributed by atoms with van der Waals surface area (Å²) < 4.78 is 46.5. The van der Waals surface area contributed by atoms with Gasteiger partial charge in [0.25, 0.3) is 0 Å². The van der Waals surface area contributed by atoms with Gasteiger partial charge in [0.05, 0.1) is 12.7 Å². The molecule has 1 atom stereocenters. The van der Waals surface area contributed by atoms with E-state index in [1.807, 2.05) is 19.9 Å². The topological polar surface area (TPSA) is 38.7 Å². The molecule has 0 aromatic heterocycles. The quantitative estimate of drug-likeness (QED) is 0.847. The molecule has 134 valence electrons. The Morgan fingerprint density at radius 1 is 1.24 bits per heavy atom. The number of aliphatic hydroxyl groups is 1. The van der Waals surface area contributed by atoms with Crippen LogP contribution < -0.4 is 9.47 Å². The lowest BCUT2D eigenvalue weighted by molar-refractivity contribution is -0.274. The molecule has 2 aromatic rings. The molecule has 6 heteroatoms. The molecule has 0 saturated heterocycles. The molecular weight excluding hydrogens is 333 g/mol. The van der Waals surface area contributed by atoms with Gasteiger partial charge in [-0.15, -0.1) is 13.2 Å². The number of hydrogen-bond acceptors (Lipinski definition) is 3. The smallest absolute Gasteiger partial charge is 0.492 e. The zero-order valence-electron chi connectivity index (χ0n) is 14.0. The number of rotatable bonds is 4. The fourth-order valence-corrected chi connectivity index (χ4v) is 3.27. The second-order valence-corrected chi connectivity index (χ2v) is 6.06. The normalized spacial score (nSPS) is 14.8. The predicted octanol–water partition coefficient (Wildman–Crippen LogP) is 4.94. The summed E-state index contributed by atoms with van der Waals surface area (Å²) >= 11 is 0. The number of ether oxygens (including phenoxy) is 2. The van der Waals surface area contributed by atoms with E-state index in [-0.39, 0.29) is 5.75 Å². The number of hydrogen-bond donors (Lipinski definition) is 1. The number of halogens is 3. The number of fused-ring (bicyclic) bond motifs is 1. The van der Waals surface area contributed by atoms with Crippen molar-refractivity contribution in [2.75, 3.05) is 6.61 Å². The molecule has 3 rings (SSSR count). The molecule has 1 N–H and O–H groups in total. The van der Waals surface area contributed by atoms with E-state index in [4.69, 9.17) is 4.74 Å². The van der Waals surface area contributed by atoms with Gasteiger partial charge in [-0.05, 0) is 48.2 Å². The number of aryl methyl sites for hydroxylation is 1. The molecular formula is C19H19F3O3. The van der Waals surface area contributed by atoms with E-state index in [0.717, 1.165) is 27.8 Å². The van der Waals surface area contributed by atoms with Gasteiger partial charge >= 0.3 is 6.36 Å². The highest BCUT2D eigenvalue weighted by atomic mass is 19.4. The van der Waals surface area contributed by atoms with E-state index in [1.54, 1.807) is 12.1 Å². The molecule has 0 amide bonds. The van der Waals surface area contributed by atoms with E-state index in [2.05, 4.69) is 4.74 Å². The Bertz CT molecular complexity index is 767. The lowest BCUT2D eigenvalue weighted by Crippen LogP contribution is -2.16. The van der Waals surface area contributed by atoms with Crippen LogP contribution in [0.2, 0.25) is 0 Å². The van der Waals surface area contributed by atoms with E-state index >= 15 is 0 Å². The SMILES string of the molecule is CCC(O)c1c(C)cc(-c2ccc(OC(F)(F)F)cc2)c2c1CCO2. The molecule has 0 radical (unpaired) electrons. The van der Waals surface area contributed by atoms with Gasteiger partial charge < -0.3 is 14.6 Å². The number of benzene rings is 2. The van der Waals surface area contributed by atoms with Gasteiger partial charge in [0.2, 0.25) is 0 Å². The van der Waals surface area contributed by atoms with Crippen LogP contribution in [-0.4, -0.2) is 18.1 Å². The highest BCUT2D eigenvalue weighted by Crippen LogP contribution is 2.43. The van der Waals surface area contributed by atoms with E-state index < -0.39 is 12.5 Å². The standard InChI is InChI=1S/C19H19F3O3/c1-3-16(23)17-11(2)10-15(18-14(17)8-9-24-18)12-4-6-13(7-5-12)25-19(20,21)22/h4-7,10,16,23H,3,8-9H2,1-2H3. The largest absolute Gasteiger partial charge is 0.573 e. The molecule has 0 bridgehead atoms. The Hall–Kier alpha value is -2.21. The molecule has 0 fully saturated rings. The molecule has 3 nitrogen and oxygen atoms in total. The van der Waals surface area contributed by atoms with Gasteiger partial charge in [-0.2, -0.15) is 0 Å². The summed E-state index contributed by atoms with van der Waals surface area (Å²) in [7, 11) is 0. The third-order valence-corrected chi connectivity index (χ3v) is 4.35. The van der Waals surface area contributed by atoms with Crippen LogP contribution >= 0.6 is 0 Å². The summed E-state index contributed by atoms with van der Waals surface area (Å²) in [6.07, 6.45) is -3.94. The maximum atomic E-state index is 12.3. The minimum Gasteiger partial charge on any atom is -0.492 e. The highest BCUT2D eigenvalue weighted by Gasteiger charge is 2.31. The minimum atomic E-state index is -4.71. The first-order valence-corrected chi connectivity index (χ1v) is 8.13. The first-order chi connectivity index (χ1) is 11.8. The van der Waals surface area contributed by atoms with Crippen LogP contribution in [0.5, 0.6) is 11.5 Å². The van der Waals surface area contributed by atoms with Gasteiger partial charge in [-0.1, -0.05) is 19.1 Å². The summed E-state index contributed by atoms with van der Waals surface area (Å²) in [6.45, 7) is 4.38. The van der Waals surface area contributed by atoms with Crippen LogP contribution in [0.25, 0.3) is 11.1 Å². The van der Waals surface area contributed by atoms with Crippen molar-refractivity contribution in [3.05, 3.63) is 47.0 Å². The second-order valence-electron chi connectivity index (χ2n) is 6.06. The molecule has 2 aromatic carbocycles. The Kier molecular flexibility index (Phi) is 4.64. The van der Waals surface area contributed by atoms with Crippen molar-refractivity contribution in [2.24, 2.45) is 0 Å². The van der Waals surface area contributed by atoms with Gasteiger partial charge in [0.15, 0.2) is 0 Å². The summed E-state index contributed by atoms with van der Waals surface area (Å²) in [6, 6.07) is 7.64. The average Bonchev–Trinajstić information content (AvgIpc) is 3.02. The van der Waals surface area contributed by atoms with E-state index in [0.29, 0.717) is 25.2 Å². The Morgan fingerprint density at radius 2 is 1.92 bits per heavy atom. The maximum absolute atomic E-state index is 12.3. The van der Waals surface area contributed by atoms with Crippen LogP contribution in [-0.2, 0) is 6.42 Å². The van der Waals surface area contributed by atoms with E-state index in [1.165, 1.54) is 12.1 Å². The lowest BCUT2D eigenvalue weighted by atomic mass is 9.89. The van der Waals surface area contributed by atoms with Crippen molar-refractivity contribution in [3.8, 4) is 22.6 Å². The summed E-state index contributed by atoms with van der Waals surface area (Å²) in [4.78, 5) is 0. The summed E-state index contributed by atoms with van der Waals surface area (Å²) in [5.41, 5.74) is 4.39. The first-order valence-electron chi connectivity index (χ1n) is 8.13. The Morgan fingerprint density at radius 3 is 2.52 bits per heavy atom. The molecule has 1 heterocycles. The molecule has 0 aliphatic carbocycles. The molecule has 25 heavy (non-hydrogen) atoms. The average molecular weight is 352 g/mol. The Balaban J connectivity index is 2.01. The molecule has 0 spiro atoms. The third-order valence-electron chi connectivity index (χ3n) is 4.35. The molecule has 1 aliphatic rings. The number of alkyl halides is 3. The Labute approximate surface area is 144 Å². The maximum Gasteiger partial charge on any atom is 0.573 e. The highest BCUT2D eigenvalue weighted by molar-refractivity contribution is 5.75. The zero-order valence-corrected chi connectivity index (χ0v) is 14.0. The minimum absolute atomic E-state index is 0.261. The third kappa shape index (κ3) is 3.58.